The number of fused-ring (bicyclic) bond motifs is 1. The van der Waals surface area contributed by atoms with Crippen LogP contribution >= 0.6 is 0 Å². The van der Waals surface area contributed by atoms with Gasteiger partial charge in [-0.25, -0.2) is 8.51 Å². The molecule has 0 N–H and O–H groups in total. The van der Waals surface area contributed by atoms with Crippen molar-refractivity contribution in [3.8, 4) is 0 Å². The minimum Gasteiger partial charge on any atom is -0.465 e. The molecule has 2 rings (SSSR count). The fourth-order valence-electron chi connectivity index (χ4n) is 1.58. The number of amides is 1. The Morgan fingerprint density at radius 3 is 2.76 bits per heavy atom. The molecule has 1 aromatic rings. The van der Waals surface area contributed by atoms with Crippen molar-refractivity contribution < 1.29 is 18.5 Å². The van der Waals surface area contributed by atoms with Crippen molar-refractivity contribution in [1.82, 2.24) is 4.31 Å². The highest BCUT2D eigenvalue weighted by Crippen LogP contribution is 2.26. The molecule has 90 valence electrons. The molecule has 0 bridgehead atoms. The van der Waals surface area contributed by atoms with Gasteiger partial charge >= 0.3 is 5.97 Å². The molecular weight excluding hydrogens is 242 g/mol. The Morgan fingerprint density at radius 1 is 1.41 bits per heavy atom. The molecule has 1 heterocycles. The Balaban J connectivity index is 2.22. The molecule has 6 heteroatoms. The van der Waals surface area contributed by atoms with Crippen LogP contribution in [0.15, 0.2) is 29.2 Å². The Morgan fingerprint density at radius 2 is 2.12 bits per heavy atom. The van der Waals surface area contributed by atoms with Crippen LogP contribution in [0, 0.1) is 0 Å². The van der Waals surface area contributed by atoms with Gasteiger partial charge in [0.05, 0.1) is 17.1 Å². The zero-order valence-electron chi connectivity index (χ0n) is 9.21. The van der Waals surface area contributed by atoms with E-state index in [9.17, 15) is 13.8 Å². The number of hydrogen-bond donors (Lipinski definition) is 0. The summed E-state index contributed by atoms with van der Waals surface area (Å²) in [5.41, 5.74) is 0.384. The van der Waals surface area contributed by atoms with Gasteiger partial charge in [-0.2, -0.15) is 0 Å². The summed E-state index contributed by atoms with van der Waals surface area (Å²) < 4.78 is 17.7. The zero-order valence-corrected chi connectivity index (χ0v) is 10.0. The summed E-state index contributed by atoms with van der Waals surface area (Å²) in [6.07, 6.45) is 0. The summed E-state index contributed by atoms with van der Waals surface area (Å²) in [6, 6.07) is 6.62. The van der Waals surface area contributed by atoms with E-state index in [4.69, 9.17) is 4.74 Å². The number of ether oxygens (including phenoxy) is 1. The molecule has 0 aromatic heterocycles. The highest BCUT2D eigenvalue weighted by atomic mass is 32.2. The monoisotopic (exact) mass is 253 g/mol. The Bertz CT molecular complexity index is 465. The molecule has 1 aliphatic heterocycles. The first-order valence-electron chi connectivity index (χ1n) is 5.13. The zero-order chi connectivity index (χ0) is 12.4. The van der Waals surface area contributed by atoms with Crippen LogP contribution in [0.1, 0.15) is 17.3 Å². The highest BCUT2D eigenvalue weighted by Gasteiger charge is 2.35. The van der Waals surface area contributed by atoms with Gasteiger partial charge in [0.2, 0.25) is 0 Å². The number of benzene rings is 1. The van der Waals surface area contributed by atoms with Crippen molar-refractivity contribution in [2.24, 2.45) is 0 Å². The average molecular weight is 253 g/mol. The first-order valence-corrected chi connectivity index (χ1v) is 6.24. The minimum atomic E-state index is -1.61. The molecule has 1 aliphatic rings. The summed E-state index contributed by atoms with van der Waals surface area (Å²) in [5, 5.41) is 0. The van der Waals surface area contributed by atoms with Crippen molar-refractivity contribution in [1.29, 1.82) is 0 Å². The Kier molecular flexibility index (Phi) is 3.23. The smallest absolute Gasteiger partial charge is 0.326 e. The fraction of sp³-hybridized carbons (Fsp3) is 0.273. The van der Waals surface area contributed by atoms with E-state index in [0.29, 0.717) is 10.5 Å². The van der Waals surface area contributed by atoms with Gasteiger partial charge in [0, 0.05) is 0 Å². The summed E-state index contributed by atoms with van der Waals surface area (Å²) in [5.74, 6) is -0.950. The molecule has 0 spiro atoms. The van der Waals surface area contributed by atoms with E-state index >= 15 is 0 Å². The second kappa shape index (κ2) is 4.67. The van der Waals surface area contributed by atoms with Gasteiger partial charge < -0.3 is 4.74 Å². The third-order valence-corrected chi connectivity index (χ3v) is 3.74. The van der Waals surface area contributed by atoms with Crippen molar-refractivity contribution in [2.75, 3.05) is 13.2 Å². The lowest BCUT2D eigenvalue weighted by Gasteiger charge is -2.12. The summed E-state index contributed by atoms with van der Waals surface area (Å²) in [7, 11) is -1.61. The lowest BCUT2D eigenvalue weighted by Crippen LogP contribution is -2.32. The van der Waals surface area contributed by atoms with E-state index in [1.165, 1.54) is 0 Å². The maximum Gasteiger partial charge on any atom is 0.326 e. The standard InChI is InChI=1S/C11H11NO4S/c1-2-16-10(13)7-12-11(14)8-5-3-4-6-9(8)17(12)15/h3-6H,2,7H2,1H3. The van der Waals surface area contributed by atoms with Gasteiger partial charge in [0.1, 0.15) is 6.54 Å². The maximum atomic E-state index is 12.0. The van der Waals surface area contributed by atoms with Crippen molar-refractivity contribution in [3.63, 3.8) is 0 Å². The quantitative estimate of drug-likeness (QED) is 0.745. The Labute approximate surface area is 101 Å². The van der Waals surface area contributed by atoms with E-state index in [1.54, 1.807) is 31.2 Å². The molecule has 1 atom stereocenters. The van der Waals surface area contributed by atoms with Gasteiger partial charge in [0.25, 0.3) is 5.91 Å². The maximum absolute atomic E-state index is 12.0. The molecule has 1 unspecified atom stereocenters. The third kappa shape index (κ3) is 2.08. The fourth-order valence-corrected chi connectivity index (χ4v) is 2.83. The lowest BCUT2D eigenvalue weighted by molar-refractivity contribution is -0.142. The van der Waals surface area contributed by atoms with Gasteiger partial charge in [-0.1, -0.05) is 12.1 Å². The SMILES string of the molecule is CCOC(=O)CN1C(=O)c2ccccc2S1=O. The van der Waals surface area contributed by atoms with Crippen molar-refractivity contribution in [3.05, 3.63) is 29.8 Å². The largest absolute Gasteiger partial charge is 0.465 e. The van der Waals surface area contributed by atoms with E-state index in [-0.39, 0.29) is 13.2 Å². The topological polar surface area (TPSA) is 63.7 Å². The number of carbonyl (C=O) groups excluding carboxylic acids is 2. The molecule has 1 aromatic carbocycles. The van der Waals surface area contributed by atoms with Crippen LogP contribution in [0.4, 0.5) is 0 Å². The lowest BCUT2D eigenvalue weighted by atomic mass is 10.2. The number of hydrogen-bond acceptors (Lipinski definition) is 4. The normalized spacial score (nSPS) is 18.1. The van der Waals surface area contributed by atoms with E-state index < -0.39 is 22.9 Å². The summed E-state index contributed by atoms with van der Waals surface area (Å²) in [4.78, 5) is 23.6. The predicted molar refractivity (Wildman–Crippen MR) is 60.5 cm³/mol. The molecular formula is C11H11NO4S. The van der Waals surface area contributed by atoms with Gasteiger partial charge in [0.15, 0.2) is 11.0 Å². The molecule has 0 saturated heterocycles. The van der Waals surface area contributed by atoms with Crippen LogP contribution < -0.4 is 0 Å². The summed E-state index contributed by atoms with van der Waals surface area (Å²) in [6.45, 7) is 1.63. The van der Waals surface area contributed by atoms with Crippen LogP contribution in [0.2, 0.25) is 0 Å². The van der Waals surface area contributed by atoms with Gasteiger partial charge in [-0.3, -0.25) is 9.59 Å². The number of nitrogens with zero attached hydrogens (tertiary/aromatic N) is 1. The molecule has 17 heavy (non-hydrogen) atoms. The van der Waals surface area contributed by atoms with Gasteiger partial charge in [-0.15, -0.1) is 0 Å². The Hall–Kier alpha value is -1.69. The second-order valence-electron chi connectivity index (χ2n) is 3.39. The van der Waals surface area contributed by atoms with E-state index in [1.807, 2.05) is 0 Å². The third-order valence-electron chi connectivity index (χ3n) is 2.31. The van der Waals surface area contributed by atoms with Crippen LogP contribution in [0.5, 0.6) is 0 Å². The van der Waals surface area contributed by atoms with E-state index in [2.05, 4.69) is 0 Å². The number of rotatable bonds is 3. The first kappa shape index (κ1) is 11.8. The van der Waals surface area contributed by atoms with Crippen LogP contribution in [0.25, 0.3) is 0 Å². The highest BCUT2D eigenvalue weighted by molar-refractivity contribution is 7.84. The van der Waals surface area contributed by atoms with E-state index in [0.717, 1.165) is 4.31 Å². The molecule has 1 amide bonds. The second-order valence-corrected chi connectivity index (χ2v) is 4.77. The minimum absolute atomic E-state index is 0.237. The first-order chi connectivity index (χ1) is 8.15. The van der Waals surface area contributed by atoms with Crippen LogP contribution in [0.3, 0.4) is 0 Å². The average Bonchev–Trinajstić information content (AvgIpc) is 2.56. The number of carbonyl (C=O) groups is 2. The summed E-state index contributed by atoms with van der Waals surface area (Å²) >= 11 is 0. The van der Waals surface area contributed by atoms with Gasteiger partial charge in [-0.05, 0) is 19.1 Å². The molecule has 0 saturated carbocycles. The van der Waals surface area contributed by atoms with Crippen LogP contribution in [-0.4, -0.2) is 33.5 Å². The molecule has 0 radical (unpaired) electrons. The molecule has 0 fully saturated rings. The van der Waals surface area contributed by atoms with Crippen molar-refractivity contribution >= 4 is 22.9 Å². The number of esters is 1. The van der Waals surface area contributed by atoms with Crippen molar-refractivity contribution in [2.45, 2.75) is 11.8 Å². The predicted octanol–water partition coefficient (Wildman–Crippen LogP) is 0.728. The molecule has 5 nitrogen and oxygen atoms in total. The molecule has 0 aliphatic carbocycles. The van der Waals surface area contributed by atoms with Crippen LogP contribution in [-0.2, 0) is 20.5 Å².